The van der Waals surface area contributed by atoms with Gasteiger partial charge in [0.25, 0.3) is 0 Å². The van der Waals surface area contributed by atoms with Crippen LogP contribution >= 0.6 is 7.60 Å². The van der Waals surface area contributed by atoms with Crippen LogP contribution in [0.1, 0.15) is 19.4 Å². The second kappa shape index (κ2) is 11.3. The molecule has 2 unspecified atom stereocenters. The van der Waals surface area contributed by atoms with Crippen LogP contribution in [0.15, 0.2) is 65.8 Å². The van der Waals surface area contributed by atoms with Crippen molar-refractivity contribution < 1.29 is 23.1 Å². The quantitative estimate of drug-likeness (QED) is 0.233. The van der Waals surface area contributed by atoms with Gasteiger partial charge in [0.1, 0.15) is 5.84 Å². The van der Waals surface area contributed by atoms with Crippen LogP contribution in [0.4, 0.5) is 17.3 Å². The molecule has 0 fully saturated rings. The van der Waals surface area contributed by atoms with Crippen molar-refractivity contribution >= 4 is 52.9 Å². The molecular weight excluding hydrogens is 521 g/mol. The van der Waals surface area contributed by atoms with Crippen molar-refractivity contribution in [1.82, 2.24) is 20.0 Å². The SMILES string of the molecule is CCOC(=O)COP(=O)(OC)c1ccc(NC2=Nc3c(nnn3Cc3ccc4ncccc4c3)NC2C)cc1. The number of hydrogen-bond acceptors (Lipinski definition) is 11. The molecule has 1 aliphatic heterocycles. The number of carbonyl (C=O) groups is 1. The van der Waals surface area contributed by atoms with Crippen LogP contribution in [0.3, 0.4) is 0 Å². The summed E-state index contributed by atoms with van der Waals surface area (Å²) in [7, 11) is -2.42. The van der Waals surface area contributed by atoms with Crippen LogP contribution in [0.5, 0.6) is 0 Å². The van der Waals surface area contributed by atoms with Gasteiger partial charge in [-0.25, -0.2) is 14.5 Å². The summed E-state index contributed by atoms with van der Waals surface area (Å²) < 4.78 is 30.1. The lowest BCUT2D eigenvalue weighted by Crippen LogP contribution is -2.34. The molecule has 5 rings (SSSR count). The Balaban J connectivity index is 1.32. The molecule has 0 saturated heterocycles. The van der Waals surface area contributed by atoms with Gasteiger partial charge in [-0.1, -0.05) is 17.3 Å². The van der Waals surface area contributed by atoms with Gasteiger partial charge in [0.2, 0.25) is 0 Å². The van der Waals surface area contributed by atoms with E-state index in [1.165, 1.54) is 7.11 Å². The van der Waals surface area contributed by atoms with Gasteiger partial charge in [0, 0.05) is 24.4 Å². The first-order valence-electron chi connectivity index (χ1n) is 12.3. The molecule has 0 amide bonds. The van der Waals surface area contributed by atoms with Crippen molar-refractivity contribution in [2.24, 2.45) is 4.99 Å². The fraction of sp³-hybridized carbons (Fsp3) is 0.269. The number of fused-ring (bicyclic) bond motifs is 2. The van der Waals surface area contributed by atoms with E-state index < -0.39 is 20.2 Å². The number of carbonyl (C=O) groups excluding carboxylic acids is 1. The minimum absolute atomic E-state index is 0.160. The first-order chi connectivity index (χ1) is 18.9. The average molecular weight is 550 g/mol. The van der Waals surface area contributed by atoms with E-state index in [0.29, 0.717) is 35.0 Å². The molecule has 2 aromatic carbocycles. The van der Waals surface area contributed by atoms with Crippen molar-refractivity contribution in [3.8, 4) is 0 Å². The molecule has 0 spiro atoms. The van der Waals surface area contributed by atoms with Crippen LogP contribution in [-0.4, -0.2) is 58.1 Å². The number of hydrogen-bond donors (Lipinski definition) is 2. The largest absolute Gasteiger partial charge is 0.464 e. The van der Waals surface area contributed by atoms with Crippen molar-refractivity contribution in [2.75, 3.05) is 31.0 Å². The summed E-state index contributed by atoms with van der Waals surface area (Å²) in [6.45, 7) is 3.86. The molecule has 1 aliphatic rings. The van der Waals surface area contributed by atoms with Crippen LogP contribution in [0, 0.1) is 0 Å². The zero-order valence-corrected chi connectivity index (χ0v) is 22.6. The third-order valence-corrected chi connectivity index (χ3v) is 7.93. The van der Waals surface area contributed by atoms with Crippen LogP contribution < -0.4 is 15.9 Å². The zero-order valence-electron chi connectivity index (χ0n) is 21.7. The van der Waals surface area contributed by atoms with Crippen molar-refractivity contribution in [2.45, 2.75) is 26.4 Å². The van der Waals surface area contributed by atoms with Gasteiger partial charge in [-0.15, -0.1) is 5.10 Å². The normalized spacial score (nSPS) is 16.1. The molecule has 0 radical (unpaired) electrons. The predicted octanol–water partition coefficient (Wildman–Crippen LogP) is 3.88. The first-order valence-corrected chi connectivity index (χ1v) is 13.9. The van der Waals surface area contributed by atoms with E-state index >= 15 is 0 Å². The molecule has 2 N–H and O–H groups in total. The highest BCUT2D eigenvalue weighted by molar-refractivity contribution is 7.62. The highest BCUT2D eigenvalue weighted by Gasteiger charge is 2.28. The number of rotatable bonds is 9. The number of aliphatic imine (C=N–C) groups is 1. The Morgan fingerprint density at radius 1 is 1.18 bits per heavy atom. The van der Waals surface area contributed by atoms with E-state index in [2.05, 4.69) is 32.0 Å². The number of anilines is 2. The summed E-state index contributed by atoms with van der Waals surface area (Å²) in [5.41, 5.74) is 2.69. The van der Waals surface area contributed by atoms with E-state index in [-0.39, 0.29) is 12.6 Å². The lowest BCUT2D eigenvalue weighted by molar-refractivity contribution is -0.145. The number of pyridine rings is 1. The van der Waals surface area contributed by atoms with E-state index in [9.17, 15) is 9.36 Å². The van der Waals surface area contributed by atoms with Gasteiger partial charge in [-0.2, -0.15) is 0 Å². The topological polar surface area (TPSA) is 142 Å². The summed E-state index contributed by atoms with van der Waals surface area (Å²) >= 11 is 0. The Bertz CT molecular complexity index is 1570. The Morgan fingerprint density at radius 2 is 2.00 bits per heavy atom. The number of nitrogens with zero attached hydrogens (tertiary/aromatic N) is 5. The number of aromatic nitrogens is 4. The van der Waals surface area contributed by atoms with Gasteiger partial charge in [-0.05, 0) is 61.9 Å². The Labute approximate surface area is 224 Å². The molecule has 0 bridgehead atoms. The first kappa shape index (κ1) is 26.5. The number of esters is 1. The summed E-state index contributed by atoms with van der Waals surface area (Å²) in [5.74, 6) is 1.26. The van der Waals surface area contributed by atoms with Gasteiger partial charge in [0.15, 0.2) is 18.2 Å². The lowest BCUT2D eigenvalue weighted by atomic mass is 10.1. The van der Waals surface area contributed by atoms with Crippen molar-refractivity contribution in [3.05, 3.63) is 66.4 Å². The fourth-order valence-corrected chi connectivity index (χ4v) is 5.34. The predicted molar refractivity (Wildman–Crippen MR) is 148 cm³/mol. The lowest BCUT2D eigenvalue weighted by Gasteiger charge is -2.23. The average Bonchev–Trinajstić information content (AvgIpc) is 3.33. The molecule has 3 heterocycles. The fourth-order valence-electron chi connectivity index (χ4n) is 4.08. The third-order valence-electron chi connectivity index (χ3n) is 6.05. The Hall–Kier alpha value is -4.12. The number of amidine groups is 1. The van der Waals surface area contributed by atoms with Gasteiger partial charge >= 0.3 is 13.6 Å². The molecule has 12 nitrogen and oxygen atoms in total. The minimum Gasteiger partial charge on any atom is -0.464 e. The zero-order chi connectivity index (χ0) is 27.4. The standard InChI is InChI=1S/C26H28N7O5P/c1-4-37-23(34)16-38-39(35,36-3)21-10-8-20(9-11-21)29-24-17(2)28-25-26(30-24)33(32-31-25)15-18-7-12-22-19(14-18)6-5-13-27-22/h5-14,17,28H,4,15-16H2,1-3H3,(H,29,30). The summed E-state index contributed by atoms with van der Waals surface area (Å²) in [4.78, 5) is 20.8. The van der Waals surface area contributed by atoms with Crippen molar-refractivity contribution in [1.29, 1.82) is 0 Å². The molecule has 4 aromatic rings. The molecular formula is C26H28N7O5P. The smallest absolute Gasteiger partial charge is 0.361 e. The molecule has 39 heavy (non-hydrogen) atoms. The highest BCUT2D eigenvalue weighted by Crippen LogP contribution is 2.46. The Kier molecular flexibility index (Phi) is 7.69. The number of ether oxygens (including phenoxy) is 1. The third kappa shape index (κ3) is 5.83. The molecule has 13 heteroatoms. The second-order valence-electron chi connectivity index (χ2n) is 8.74. The van der Waals surface area contributed by atoms with Gasteiger partial charge < -0.3 is 19.9 Å². The molecule has 0 saturated carbocycles. The molecule has 2 aromatic heterocycles. The maximum atomic E-state index is 13.1. The van der Waals surface area contributed by atoms with Crippen LogP contribution in [0.2, 0.25) is 0 Å². The van der Waals surface area contributed by atoms with Gasteiger partial charge in [0.05, 0.1) is 30.0 Å². The summed E-state index contributed by atoms with van der Waals surface area (Å²) in [5, 5.41) is 16.5. The molecule has 0 aliphatic carbocycles. The highest BCUT2D eigenvalue weighted by atomic mass is 31.2. The monoisotopic (exact) mass is 549 g/mol. The van der Waals surface area contributed by atoms with Crippen LogP contribution in [0.25, 0.3) is 10.9 Å². The Morgan fingerprint density at radius 3 is 2.77 bits per heavy atom. The van der Waals surface area contributed by atoms with Crippen LogP contribution in [-0.2, 0) is 29.7 Å². The second-order valence-corrected chi connectivity index (χ2v) is 10.9. The molecule has 2 atom stereocenters. The number of nitrogens with one attached hydrogen (secondary N) is 2. The minimum atomic E-state index is -3.69. The summed E-state index contributed by atoms with van der Waals surface area (Å²) in [6, 6.07) is 16.6. The summed E-state index contributed by atoms with van der Waals surface area (Å²) in [6.07, 6.45) is 1.77. The van der Waals surface area contributed by atoms with Crippen molar-refractivity contribution in [3.63, 3.8) is 0 Å². The van der Waals surface area contributed by atoms with Gasteiger partial charge in [-0.3, -0.25) is 14.1 Å². The van der Waals surface area contributed by atoms with E-state index in [1.807, 2.05) is 31.2 Å². The molecule has 202 valence electrons. The maximum absolute atomic E-state index is 13.1. The van der Waals surface area contributed by atoms with E-state index in [4.69, 9.17) is 18.8 Å². The van der Waals surface area contributed by atoms with E-state index in [1.54, 1.807) is 42.1 Å². The van der Waals surface area contributed by atoms with E-state index in [0.717, 1.165) is 16.5 Å². The maximum Gasteiger partial charge on any atom is 0.361 e. The number of benzene rings is 2.